The second-order valence-corrected chi connectivity index (χ2v) is 5.21. The van der Waals surface area contributed by atoms with Gasteiger partial charge in [0.15, 0.2) is 0 Å². The zero-order valence-corrected chi connectivity index (χ0v) is 11.4. The van der Waals surface area contributed by atoms with Crippen molar-refractivity contribution in [3.8, 4) is 0 Å². The molecule has 1 saturated heterocycles. The highest BCUT2D eigenvalue weighted by molar-refractivity contribution is 6.31. The smallest absolute Gasteiger partial charge is 0.304 e. The number of carbonyl (C=O) groups is 1. The number of aliphatic carboxylic acids is 1. The molecule has 1 aromatic rings. The van der Waals surface area contributed by atoms with Gasteiger partial charge in [0.2, 0.25) is 0 Å². The van der Waals surface area contributed by atoms with Crippen LogP contribution in [0.25, 0.3) is 0 Å². The van der Waals surface area contributed by atoms with Gasteiger partial charge in [-0.3, -0.25) is 14.4 Å². The minimum atomic E-state index is -0.737. The van der Waals surface area contributed by atoms with Crippen LogP contribution in [0.4, 0.5) is 0 Å². The highest BCUT2D eigenvalue weighted by atomic mass is 35.5. The molecule has 0 radical (unpaired) electrons. The molecule has 1 unspecified atom stereocenters. The maximum atomic E-state index is 10.8. The molecule has 2 heterocycles. The van der Waals surface area contributed by atoms with Crippen LogP contribution in [0, 0.1) is 6.92 Å². The molecule has 1 aliphatic heterocycles. The zero-order chi connectivity index (χ0) is 13.3. The number of nitrogens with zero attached hydrogens (tertiary/aromatic N) is 3. The van der Waals surface area contributed by atoms with E-state index in [1.54, 1.807) is 4.68 Å². The van der Waals surface area contributed by atoms with Crippen molar-refractivity contribution in [1.82, 2.24) is 14.7 Å². The maximum absolute atomic E-state index is 10.8. The van der Waals surface area contributed by atoms with Crippen LogP contribution in [0.3, 0.4) is 0 Å². The molecule has 0 aliphatic carbocycles. The lowest BCUT2D eigenvalue weighted by Crippen LogP contribution is -2.31. The minimum absolute atomic E-state index is 0.119. The lowest BCUT2D eigenvalue weighted by atomic mass is 10.1. The number of halogens is 1. The van der Waals surface area contributed by atoms with Gasteiger partial charge >= 0.3 is 5.97 Å². The number of hydrogen-bond acceptors (Lipinski definition) is 3. The highest BCUT2D eigenvalue weighted by Crippen LogP contribution is 2.26. The minimum Gasteiger partial charge on any atom is -0.481 e. The molecular weight excluding hydrogens is 254 g/mol. The average Bonchev–Trinajstić information content (AvgIpc) is 2.79. The number of likely N-dealkylation sites (tertiary alicyclic amines) is 1. The van der Waals surface area contributed by atoms with Crippen LogP contribution in [0.1, 0.15) is 30.7 Å². The van der Waals surface area contributed by atoms with Gasteiger partial charge < -0.3 is 5.11 Å². The molecule has 0 spiro atoms. The van der Waals surface area contributed by atoms with E-state index in [-0.39, 0.29) is 12.5 Å². The number of carboxylic acid groups (broad SMARTS) is 1. The summed E-state index contributed by atoms with van der Waals surface area (Å²) < 4.78 is 1.79. The Morgan fingerprint density at radius 1 is 1.61 bits per heavy atom. The lowest BCUT2D eigenvalue weighted by Gasteiger charge is -2.23. The zero-order valence-electron chi connectivity index (χ0n) is 10.7. The third-order valence-electron chi connectivity index (χ3n) is 3.52. The number of rotatable bonds is 4. The van der Waals surface area contributed by atoms with Gasteiger partial charge in [-0.05, 0) is 26.3 Å². The van der Waals surface area contributed by atoms with Crippen molar-refractivity contribution in [2.75, 3.05) is 6.54 Å². The van der Waals surface area contributed by atoms with E-state index < -0.39 is 5.97 Å². The van der Waals surface area contributed by atoms with E-state index in [2.05, 4.69) is 10.00 Å². The van der Waals surface area contributed by atoms with Crippen LogP contribution in [0.2, 0.25) is 5.02 Å². The van der Waals surface area contributed by atoms with E-state index in [0.717, 1.165) is 30.8 Å². The number of hydrogen-bond donors (Lipinski definition) is 1. The van der Waals surface area contributed by atoms with Crippen molar-refractivity contribution >= 4 is 17.6 Å². The molecule has 1 fully saturated rings. The van der Waals surface area contributed by atoms with Crippen molar-refractivity contribution in [3.05, 3.63) is 16.4 Å². The van der Waals surface area contributed by atoms with Crippen LogP contribution in [0.5, 0.6) is 0 Å². The average molecular weight is 272 g/mol. The Morgan fingerprint density at radius 3 is 2.89 bits per heavy atom. The summed E-state index contributed by atoms with van der Waals surface area (Å²) in [6.07, 6.45) is 2.20. The molecule has 6 heteroatoms. The van der Waals surface area contributed by atoms with Crippen molar-refractivity contribution in [1.29, 1.82) is 0 Å². The van der Waals surface area contributed by atoms with Gasteiger partial charge in [0.05, 0.1) is 22.8 Å². The molecule has 1 aliphatic rings. The molecule has 0 saturated carbocycles. The summed E-state index contributed by atoms with van der Waals surface area (Å²) in [5.41, 5.74) is 1.79. The third-order valence-corrected chi connectivity index (χ3v) is 4.02. The Hall–Kier alpha value is -1.07. The standard InChI is InChI=1S/C12H18ClN3O2/c1-8-12(13)10(15(2)14-8)7-16-5-3-4-9(16)6-11(17)18/h9H,3-7H2,1-2H3,(H,17,18). The van der Waals surface area contributed by atoms with E-state index in [0.29, 0.717) is 11.6 Å². The van der Waals surface area contributed by atoms with E-state index in [4.69, 9.17) is 16.7 Å². The molecule has 0 amide bonds. The molecule has 0 aromatic carbocycles. The van der Waals surface area contributed by atoms with Gasteiger partial charge in [-0.15, -0.1) is 0 Å². The first-order chi connectivity index (χ1) is 8.49. The summed E-state index contributed by atoms with van der Waals surface area (Å²) in [6.45, 7) is 3.48. The predicted octanol–water partition coefficient (Wildman–Crippen LogP) is 1.82. The summed E-state index contributed by atoms with van der Waals surface area (Å²) in [6, 6.07) is 0.119. The SMILES string of the molecule is Cc1nn(C)c(CN2CCCC2CC(=O)O)c1Cl. The number of aromatic nitrogens is 2. The largest absolute Gasteiger partial charge is 0.481 e. The summed E-state index contributed by atoms with van der Waals surface area (Å²) in [4.78, 5) is 13.0. The summed E-state index contributed by atoms with van der Waals surface area (Å²) in [5.74, 6) is -0.737. The van der Waals surface area contributed by atoms with Crippen LogP contribution in [-0.2, 0) is 18.4 Å². The quantitative estimate of drug-likeness (QED) is 0.908. The fraction of sp³-hybridized carbons (Fsp3) is 0.667. The fourth-order valence-corrected chi connectivity index (χ4v) is 2.80. The fourth-order valence-electron chi connectivity index (χ4n) is 2.58. The molecule has 1 aromatic heterocycles. The van der Waals surface area contributed by atoms with Gasteiger partial charge in [-0.1, -0.05) is 11.6 Å². The molecule has 2 rings (SSSR count). The van der Waals surface area contributed by atoms with Crippen molar-refractivity contribution in [2.24, 2.45) is 7.05 Å². The molecular formula is C12H18ClN3O2. The van der Waals surface area contributed by atoms with Gasteiger partial charge in [-0.25, -0.2) is 0 Å². The highest BCUT2D eigenvalue weighted by Gasteiger charge is 2.28. The molecule has 5 nitrogen and oxygen atoms in total. The third kappa shape index (κ3) is 2.67. The molecule has 0 bridgehead atoms. The number of carboxylic acids is 1. The Morgan fingerprint density at radius 2 is 2.33 bits per heavy atom. The van der Waals surface area contributed by atoms with Crippen molar-refractivity contribution < 1.29 is 9.90 Å². The van der Waals surface area contributed by atoms with E-state index in [9.17, 15) is 4.79 Å². The first kappa shape index (κ1) is 13.4. The van der Waals surface area contributed by atoms with Crippen LogP contribution in [-0.4, -0.2) is 38.3 Å². The van der Waals surface area contributed by atoms with Crippen molar-refractivity contribution in [2.45, 2.75) is 38.8 Å². The van der Waals surface area contributed by atoms with Crippen molar-refractivity contribution in [3.63, 3.8) is 0 Å². The van der Waals surface area contributed by atoms with Gasteiger partial charge in [0.25, 0.3) is 0 Å². The summed E-state index contributed by atoms with van der Waals surface area (Å²) >= 11 is 6.22. The first-order valence-electron chi connectivity index (χ1n) is 6.13. The predicted molar refractivity (Wildman–Crippen MR) is 68.6 cm³/mol. The van der Waals surface area contributed by atoms with Crippen LogP contribution < -0.4 is 0 Å². The lowest BCUT2D eigenvalue weighted by molar-refractivity contribution is -0.138. The van der Waals surface area contributed by atoms with E-state index >= 15 is 0 Å². The second-order valence-electron chi connectivity index (χ2n) is 4.83. The maximum Gasteiger partial charge on any atom is 0.304 e. The number of aryl methyl sites for hydroxylation is 2. The van der Waals surface area contributed by atoms with Gasteiger partial charge in [-0.2, -0.15) is 5.10 Å². The Labute approximate surface area is 111 Å². The topological polar surface area (TPSA) is 58.4 Å². The summed E-state index contributed by atoms with van der Waals surface area (Å²) in [5, 5.41) is 13.9. The van der Waals surface area contributed by atoms with E-state index in [1.807, 2.05) is 14.0 Å². The van der Waals surface area contributed by atoms with Crippen LogP contribution in [0.15, 0.2) is 0 Å². The molecule has 1 N–H and O–H groups in total. The normalized spacial score (nSPS) is 20.5. The van der Waals surface area contributed by atoms with E-state index in [1.165, 1.54) is 0 Å². The Bertz CT molecular complexity index is 458. The molecule has 1 atom stereocenters. The Kier molecular flexibility index (Phi) is 3.92. The molecule has 100 valence electrons. The Balaban J connectivity index is 2.10. The van der Waals surface area contributed by atoms with Crippen LogP contribution >= 0.6 is 11.6 Å². The van der Waals surface area contributed by atoms with Gasteiger partial charge in [0, 0.05) is 19.6 Å². The second kappa shape index (κ2) is 5.28. The first-order valence-corrected chi connectivity index (χ1v) is 6.50. The molecule has 18 heavy (non-hydrogen) atoms. The summed E-state index contributed by atoms with van der Waals surface area (Å²) in [7, 11) is 1.87. The monoisotopic (exact) mass is 271 g/mol. The van der Waals surface area contributed by atoms with Gasteiger partial charge in [0.1, 0.15) is 0 Å².